The lowest BCUT2D eigenvalue weighted by Gasteiger charge is -2.22. The lowest BCUT2D eigenvalue weighted by Crippen LogP contribution is -2.28. The van der Waals surface area contributed by atoms with Crippen LogP contribution >= 0.6 is 11.6 Å². The minimum absolute atomic E-state index is 0.287. The monoisotopic (exact) mass is 293 g/mol. The topological polar surface area (TPSA) is 35.2 Å². The van der Waals surface area contributed by atoms with E-state index < -0.39 is 6.04 Å². The van der Waals surface area contributed by atoms with Gasteiger partial charge in [0, 0.05) is 5.02 Å². The highest BCUT2D eigenvalue weighted by Gasteiger charge is 2.17. The van der Waals surface area contributed by atoms with Gasteiger partial charge in [-0.2, -0.15) is 0 Å². The Morgan fingerprint density at radius 2 is 1.95 bits per heavy atom. The van der Waals surface area contributed by atoms with Gasteiger partial charge in [0.15, 0.2) is 0 Å². The van der Waals surface area contributed by atoms with Gasteiger partial charge < -0.3 is 10.5 Å². The van der Waals surface area contributed by atoms with Crippen molar-refractivity contribution in [2.45, 2.75) is 26.0 Å². The Kier molecular flexibility index (Phi) is 4.63. The van der Waals surface area contributed by atoms with E-state index in [2.05, 4.69) is 0 Å². The van der Waals surface area contributed by atoms with E-state index >= 15 is 0 Å². The molecule has 0 saturated carbocycles. The molecule has 0 radical (unpaired) electrons. The average Bonchev–Trinajstić information content (AvgIpc) is 2.36. The van der Waals surface area contributed by atoms with Crippen LogP contribution in [0.4, 0.5) is 4.39 Å². The molecule has 2 aromatic rings. The van der Waals surface area contributed by atoms with Gasteiger partial charge in [-0.15, -0.1) is 0 Å². The van der Waals surface area contributed by atoms with Crippen LogP contribution in [0.5, 0.6) is 5.75 Å². The molecule has 0 fully saturated rings. The molecule has 0 aliphatic heterocycles. The van der Waals surface area contributed by atoms with E-state index in [9.17, 15) is 4.39 Å². The molecule has 0 amide bonds. The van der Waals surface area contributed by atoms with E-state index in [0.29, 0.717) is 10.8 Å². The highest BCUT2D eigenvalue weighted by Crippen LogP contribution is 2.23. The van der Waals surface area contributed by atoms with Crippen molar-refractivity contribution >= 4 is 11.6 Å². The Balaban J connectivity index is 2.14. The lowest BCUT2D eigenvalue weighted by molar-refractivity contribution is 0.190. The Morgan fingerprint density at radius 1 is 1.20 bits per heavy atom. The summed E-state index contributed by atoms with van der Waals surface area (Å²) in [4.78, 5) is 0. The van der Waals surface area contributed by atoms with Crippen LogP contribution in [0.3, 0.4) is 0 Å². The molecule has 2 nitrogen and oxygen atoms in total. The van der Waals surface area contributed by atoms with Gasteiger partial charge in [-0.05, 0) is 55.3 Å². The number of aryl methyl sites for hydroxylation is 1. The van der Waals surface area contributed by atoms with E-state index in [1.54, 1.807) is 12.1 Å². The fourth-order valence-corrected chi connectivity index (χ4v) is 2.24. The zero-order valence-electron chi connectivity index (χ0n) is 11.4. The molecule has 2 rings (SSSR count). The number of rotatable bonds is 4. The van der Waals surface area contributed by atoms with Crippen molar-refractivity contribution in [1.82, 2.24) is 0 Å². The molecule has 2 aromatic carbocycles. The first kappa shape index (κ1) is 14.8. The maximum absolute atomic E-state index is 13.4. The summed E-state index contributed by atoms with van der Waals surface area (Å²) in [5.74, 6) is 0.360. The molecule has 2 unspecified atom stereocenters. The molecule has 0 aliphatic rings. The highest BCUT2D eigenvalue weighted by atomic mass is 35.5. The Bertz CT molecular complexity index is 583. The molecule has 0 heterocycles. The molecule has 0 spiro atoms. The van der Waals surface area contributed by atoms with Gasteiger partial charge >= 0.3 is 0 Å². The van der Waals surface area contributed by atoms with Gasteiger partial charge in [-0.3, -0.25) is 0 Å². The summed E-state index contributed by atoms with van der Waals surface area (Å²) >= 11 is 5.91. The van der Waals surface area contributed by atoms with Crippen molar-refractivity contribution in [2.75, 3.05) is 0 Å². The van der Waals surface area contributed by atoms with Gasteiger partial charge in [0.25, 0.3) is 0 Å². The van der Waals surface area contributed by atoms with E-state index in [1.165, 1.54) is 12.1 Å². The first-order chi connectivity index (χ1) is 9.45. The van der Waals surface area contributed by atoms with Gasteiger partial charge in [0.05, 0.1) is 6.04 Å². The second-order valence-corrected chi connectivity index (χ2v) is 5.30. The summed E-state index contributed by atoms with van der Waals surface area (Å²) < 4.78 is 19.2. The number of halogens is 2. The first-order valence-corrected chi connectivity index (χ1v) is 6.78. The molecular weight excluding hydrogens is 277 g/mol. The van der Waals surface area contributed by atoms with Gasteiger partial charge in [0.2, 0.25) is 0 Å². The van der Waals surface area contributed by atoms with Crippen molar-refractivity contribution in [1.29, 1.82) is 0 Å². The van der Waals surface area contributed by atoms with Crippen LogP contribution in [0, 0.1) is 12.7 Å². The standard InChI is InChI=1S/C16H17ClFNO/c1-10-6-12(8-14(18)7-10)16(19)11(2)20-15-5-3-4-13(17)9-15/h3-9,11,16H,19H2,1-2H3. The Labute approximate surface area is 123 Å². The minimum atomic E-state index is -0.414. The molecule has 2 N–H and O–H groups in total. The number of hydrogen-bond donors (Lipinski definition) is 1. The first-order valence-electron chi connectivity index (χ1n) is 6.40. The van der Waals surface area contributed by atoms with Crippen molar-refractivity contribution in [3.8, 4) is 5.75 Å². The second kappa shape index (κ2) is 6.25. The third kappa shape index (κ3) is 3.71. The molecule has 0 bridgehead atoms. The third-order valence-electron chi connectivity index (χ3n) is 3.07. The van der Waals surface area contributed by atoms with Crippen LogP contribution < -0.4 is 10.5 Å². The summed E-state index contributed by atoms with van der Waals surface area (Å²) in [6.45, 7) is 3.69. The highest BCUT2D eigenvalue weighted by molar-refractivity contribution is 6.30. The van der Waals surface area contributed by atoms with Crippen LogP contribution in [-0.2, 0) is 0 Å². The second-order valence-electron chi connectivity index (χ2n) is 4.87. The quantitative estimate of drug-likeness (QED) is 0.914. The average molecular weight is 294 g/mol. The normalized spacial score (nSPS) is 13.8. The molecule has 0 aliphatic carbocycles. The maximum Gasteiger partial charge on any atom is 0.123 e. The van der Waals surface area contributed by atoms with Crippen molar-refractivity contribution < 1.29 is 9.13 Å². The van der Waals surface area contributed by atoms with Gasteiger partial charge in [-0.1, -0.05) is 23.7 Å². The zero-order chi connectivity index (χ0) is 14.7. The van der Waals surface area contributed by atoms with E-state index in [1.807, 2.05) is 32.0 Å². The predicted molar refractivity (Wildman–Crippen MR) is 79.6 cm³/mol. The van der Waals surface area contributed by atoms with E-state index in [0.717, 1.165) is 11.1 Å². The number of ether oxygens (including phenoxy) is 1. The molecule has 0 saturated heterocycles. The summed E-state index contributed by atoms with van der Waals surface area (Å²) in [7, 11) is 0. The molecular formula is C16H17ClFNO. The molecule has 0 aromatic heterocycles. The smallest absolute Gasteiger partial charge is 0.123 e. The third-order valence-corrected chi connectivity index (χ3v) is 3.31. The van der Waals surface area contributed by atoms with Crippen molar-refractivity contribution in [3.63, 3.8) is 0 Å². The van der Waals surface area contributed by atoms with E-state index in [4.69, 9.17) is 22.1 Å². The van der Waals surface area contributed by atoms with Crippen LogP contribution in [0.25, 0.3) is 0 Å². The van der Waals surface area contributed by atoms with Crippen molar-refractivity contribution in [2.24, 2.45) is 5.73 Å². The molecule has 2 atom stereocenters. The van der Waals surface area contributed by atoms with Gasteiger partial charge in [0.1, 0.15) is 17.7 Å². The fraction of sp³-hybridized carbons (Fsp3) is 0.250. The Hall–Kier alpha value is -1.58. The van der Waals surface area contributed by atoms with E-state index in [-0.39, 0.29) is 11.9 Å². The predicted octanol–water partition coefficient (Wildman–Crippen LogP) is 4.25. The van der Waals surface area contributed by atoms with Crippen LogP contribution in [0.15, 0.2) is 42.5 Å². The largest absolute Gasteiger partial charge is 0.489 e. The summed E-state index contributed by atoms with van der Waals surface area (Å²) in [5, 5.41) is 0.602. The fourth-order valence-electron chi connectivity index (χ4n) is 2.06. The van der Waals surface area contributed by atoms with Crippen LogP contribution in [0.2, 0.25) is 5.02 Å². The molecule has 4 heteroatoms. The summed E-state index contributed by atoms with van der Waals surface area (Å²) in [6, 6.07) is 11.5. The van der Waals surface area contributed by atoms with Crippen molar-refractivity contribution in [3.05, 3.63) is 64.4 Å². The lowest BCUT2D eigenvalue weighted by atomic mass is 10.0. The SMILES string of the molecule is Cc1cc(F)cc(C(N)C(C)Oc2cccc(Cl)c2)c1. The number of nitrogens with two attached hydrogens (primary N) is 1. The molecule has 20 heavy (non-hydrogen) atoms. The van der Waals surface area contributed by atoms with Crippen LogP contribution in [-0.4, -0.2) is 6.10 Å². The van der Waals surface area contributed by atoms with Gasteiger partial charge in [-0.25, -0.2) is 4.39 Å². The summed E-state index contributed by atoms with van der Waals surface area (Å²) in [5.41, 5.74) is 7.70. The molecule has 106 valence electrons. The Morgan fingerprint density at radius 3 is 2.60 bits per heavy atom. The number of benzene rings is 2. The van der Waals surface area contributed by atoms with Crippen LogP contribution in [0.1, 0.15) is 24.1 Å². The zero-order valence-corrected chi connectivity index (χ0v) is 12.2. The summed E-state index contributed by atoms with van der Waals surface area (Å²) in [6.07, 6.45) is -0.297. The number of hydrogen-bond acceptors (Lipinski definition) is 2. The maximum atomic E-state index is 13.4. The minimum Gasteiger partial charge on any atom is -0.489 e.